The number of halogens is 1. The number of benzene rings is 2. The van der Waals surface area contributed by atoms with Crippen LogP contribution in [0.25, 0.3) is 0 Å². The third-order valence-corrected chi connectivity index (χ3v) is 4.14. The van der Waals surface area contributed by atoms with E-state index in [1.54, 1.807) is 17.0 Å². The van der Waals surface area contributed by atoms with E-state index >= 15 is 0 Å². The Hall–Kier alpha value is -2.20. The first kappa shape index (κ1) is 18.1. The van der Waals surface area contributed by atoms with E-state index in [2.05, 4.69) is 12.1 Å². The molecule has 4 nitrogen and oxygen atoms in total. The summed E-state index contributed by atoms with van der Waals surface area (Å²) >= 11 is 6.20. The van der Waals surface area contributed by atoms with Crippen LogP contribution in [0.15, 0.2) is 42.5 Å². The van der Waals surface area contributed by atoms with Crippen molar-refractivity contribution in [1.29, 1.82) is 0 Å². The molecule has 24 heavy (non-hydrogen) atoms. The van der Waals surface area contributed by atoms with Crippen LogP contribution in [-0.2, 0) is 6.42 Å². The molecular weight excluding hydrogens is 326 g/mol. The minimum Gasteiger partial charge on any atom is -0.493 e. The van der Waals surface area contributed by atoms with Gasteiger partial charge in [0.15, 0.2) is 11.5 Å². The second-order valence-corrected chi connectivity index (χ2v) is 5.72. The summed E-state index contributed by atoms with van der Waals surface area (Å²) in [6, 6.07) is 13.4. The van der Waals surface area contributed by atoms with Crippen molar-refractivity contribution >= 4 is 17.5 Å². The summed E-state index contributed by atoms with van der Waals surface area (Å²) in [5.74, 6) is 0.812. The summed E-state index contributed by atoms with van der Waals surface area (Å²) in [7, 11) is 3.04. The van der Waals surface area contributed by atoms with Crippen LogP contribution in [0.5, 0.6) is 11.5 Å². The van der Waals surface area contributed by atoms with Gasteiger partial charge < -0.3 is 14.4 Å². The topological polar surface area (TPSA) is 38.8 Å². The minimum atomic E-state index is -0.0729. The monoisotopic (exact) mass is 347 g/mol. The molecule has 1 amide bonds. The maximum atomic E-state index is 12.8. The van der Waals surface area contributed by atoms with E-state index in [9.17, 15) is 4.79 Å². The summed E-state index contributed by atoms with van der Waals surface area (Å²) in [4.78, 5) is 14.6. The van der Waals surface area contributed by atoms with Crippen molar-refractivity contribution in [3.63, 3.8) is 0 Å². The van der Waals surface area contributed by atoms with Crippen molar-refractivity contribution in [2.45, 2.75) is 13.3 Å². The number of nitrogens with zero attached hydrogens (tertiary/aromatic N) is 1. The Morgan fingerprint density at radius 2 is 1.83 bits per heavy atom. The zero-order chi connectivity index (χ0) is 17.5. The van der Waals surface area contributed by atoms with Crippen molar-refractivity contribution in [3.8, 4) is 11.5 Å². The number of carbonyl (C=O) groups is 1. The summed E-state index contributed by atoms with van der Waals surface area (Å²) in [6.45, 7) is 3.23. The first-order valence-corrected chi connectivity index (χ1v) is 8.23. The van der Waals surface area contributed by atoms with Crippen LogP contribution in [0, 0.1) is 0 Å². The zero-order valence-electron chi connectivity index (χ0n) is 14.2. The van der Waals surface area contributed by atoms with Crippen LogP contribution in [0.3, 0.4) is 0 Å². The molecule has 0 bridgehead atoms. The van der Waals surface area contributed by atoms with Gasteiger partial charge in [0.05, 0.1) is 19.2 Å². The van der Waals surface area contributed by atoms with Crippen LogP contribution in [0.1, 0.15) is 22.8 Å². The lowest BCUT2D eigenvalue weighted by Gasteiger charge is -2.22. The Labute approximate surface area is 147 Å². The number of ether oxygens (including phenoxy) is 2. The van der Waals surface area contributed by atoms with Gasteiger partial charge in [0, 0.05) is 18.7 Å². The summed E-state index contributed by atoms with van der Waals surface area (Å²) < 4.78 is 10.5. The number of methoxy groups -OCH3 is 2. The van der Waals surface area contributed by atoms with Crippen molar-refractivity contribution in [2.75, 3.05) is 27.3 Å². The molecule has 128 valence electrons. The largest absolute Gasteiger partial charge is 0.493 e. The lowest BCUT2D eigenvalue weighted by Crippen LogP contribution is -2.32. The molecule has 2 aromatic carbocycles. The molecule has 0 saturated heterocycles. The number of hydrogen-bond donors (Lipinski definition) is 0. The van der Waals surface area contributed by atoms with Crippen LogP contribution >= 0.6 is 11.6 Å². The molecule has 0 aliphatic heterocycles. The van der Waals surface area contributed by atoms with Gasteiger partial charge in [-0.1, -0.05) is 41.9 Å². The summed E-state index contributed by atoms with van der Waals surface area (Å²) in [5.41, 5.74) is 1.70. The van der Waals surface area contributed by atoms with Crippen molar-refractivity contribution in [2.24, 2.45) is 0 Å². The molecule has 0 aromatic heterocycles. The molecule has 0 spiro atoms. The number of carbonyl (C=O) groups excluding carboxylic acids is 1. The van der Waals surface area contributed by atoms with Gasteiger partial charge in [0.25, 0.3) is 5.91 Å². The lowest BCUT2D eigenvalue weighted by molar-refractivity contribution is 0.0765. The van der Waals surface area contributed by atoms with Gasteiger partial charge in [0.2, 0.25) is 0 Å². The predicted molar refractivity (Wildman–Crippen MR) is 96.3 cm³/mol. The Balaban J connectivity index is 2.17. The highest BCUT2D eigenvalue weighted by Gasteiger charge is 2.19. The maximum Gasteiger partial charge on any atom is 0.254 e. The van der Waals surface area contributed by atoms with Crippen LogP contribution in [0.4, 0.5) is 0 Å². The highest BCUT2D eigenvalue weighted by atomic mass is 35.5. The molecule has 0 saturated carbocycles. The van der Waals surface area contributed by atoms with Crippen LogP contribution in [-0.4, -0.2) is 38.1 Å². The van der Waals surface area contributed by atoms with Gasteiger partial charge in [-0.05, 0) is 31.0 Å². The van der Waals surface area contributed by atoms with E-state index in [0.717, 1.165) is 6.42 Å². The molecule has 5 heteroatoms. The zero-order valence-corrected chi connectivity index (χ0v) is 15.0. The highest BCUT2D eigenvalue weighted by Crippen LogP contribution is 2.36. The molecule has 0 fully saturated rings. The SMILES string of the molecule is CCN(CCc1ccccc1)C(=O)c1cc(Cl)c(OC)c(OC)c1. The lowest BCUT2D eigenvalue weighted by atomic mass is 10.1. The molecule has 0 heterocycles. The molecule has 0 aliphatic carbocycles. The Kier molecular flexibility index (Phi) is 6.50. The van der Waals surface area contributed by atoms with Crippen LogP contribution < -0.4 is 9.47 Å². The standard InChI is InChI=1S/C19H22ClNO3/c1-4-21(11-10-14-8-6-5-7-9-14)19(22)15-12-16(20)18(24-3)17(13-15)23-2/h5-9,12-13H,4,10-11H2,1-3H3. The third kappa shape index (κ3) is 4.20. The first-order valence-electron chi connectivity index (χ1n) is 7.85. The quantitative estimate of drug-likeness (QED) is 0.758. The number of hydrogen-bond acceptors (Lipinski definition) is 3. The molecule has 2 rings (SSSR count). The van der Waals surface area contributed by atoms with E-state index < -0.39 is 0 Å². The molecule has 0 radical (unpaired) electrons. The van der Waals surface area contributed by atoms with Gasteiger partial charge in [-0.15, -0.1) is 0 Å². The Morgan fingerprint density at radius 1 is 1.12 bits per heavy atom. The average Bonchev–Trinajstić information content (AvgIpc) is 2.62. The van der Waals surface area contributed by atoms with Gasteiger partial charge >= 0.3 is 0 Å². The second-order valence-electron chi connectivity index (χ2n) is 5.31. The normalized spacial score (nSPS) is 10.3. The molecule has 0 aliphatic rings. The summed E-state index contributed by atoms with van der Waals surface area (Å²) in [6.07, 6.45) is 0.807. The van der Waals surface area contributed by atoms with Crippen molar-refractivity contribution < 1.29 is 14.3 Å². The molecular formula is C19H22ClNO3. The molecule has 0 N–H and O–H groups in total. The molecule has 0 atom stereocenters. The Morgan fingerprint density at radius 3 is 2.42 bits per heavy atom. The van der Waals surface area contributed by atoms with E-state index in [-0.39, 0.29) is 5.91 Å². The maximum absolute atomic E-state index is 12.8. The van der Waals surface area contributed by atoms with Gasteiger partial charge in [-0.3, -0.25) is 4.79 Å². The highest BCUT2D eigenvalue weighted by molar-refractivity contribution is 6.32. The minimum absolute atomic E-state index is 0.0729. The number of rotatable bonds is 7. The van der Waals surface area contributed by atoms with E-state index in [4.69, 9.17) is 21.1 Å². The summed E-state index contributed by atoms with van der Waals surface area (Å²) in [5, 5.41) is 0.360. The van der Waals surface area contributed by atoms with Gasteiger partial charge in [-0.2, -0.15) is 0 Å². The fourth-order valence-corrected chi connectivity index (χ4v) is 2.82. The number of amides is 1. The first-order chi connectivity index (χ1) is 11.6. The Bertz CT molecular complexity index is 689. The van der Waals surface area contributed by atoms with E-state index in [1.165, 1.54) is 19.8 Å². The van der Waals surface area contributed by atoms with Gasteiger partial charge in [0.1, 0.15) is 0 Å². The molecule has 0 unspecified atom stereocenters. The van der Waals surface area contributed by atoms with Crippen molar-refractivity contribution in [1.82, 2.24) is 4.90 Å². The molecule has 2 aromatic rings. The average molecular weight is 348 g/mol. The smallest absolute Gasteiger partial charge is 0.254 e. The van der Waals surface area contributed by atoms with Crippen molar-refractivity contribution in [3.05, 3.63) is 58.6 Å². The van der Waals surface area contributed by atoms with Crippen LogP contribution in [0.2, 0.25) is 5.02 Å². The van der Waals surface area contributed by atoms with E-state index in [1.807, 2.05) is 25.1 Å². The third-order valence-electron chi connectivity index (χ3n) is 3.86. The fourth-order valence-electron chi connectivity index (χ4n) is 2.54. The number of likely N-dealkylation sites (N-methyl/N-ethyl adjacent to an activating group) is 1. The second kappa shape index (κ2) is 8.60. The van der Waals surface area contributed by atoms with Gasteiger partial charge in [-0.25, -0.2) is 0 Å². The van der Waals surface area contributed by atoms with E-state index in [0.29, 0.717) is 35.2 Å². The fraction of sp³-hybridized carbons (Fsp3) is 0.316. The predicted octanol–water partition coefficient (Wildman–Crippen LogP) is 4.06.